The molecule has 0 aliphatic heterocycles. The van der Waals surface area contributed by atoms with Crippen molar-refractivity contribution >= 4 is 0 Å². The fourth-order valence-electron chi connectivity index (χ4n) is 1.65. The van der Waals surface area contributed by atoms with Gasteiger partial charge in [0.05, 0.1) is 0 Å². The summed E-state index contributed by atoms with van der Waals surface area (Å²) in [6, 6.07) is 1.27. The Kier molecular flexibility index (Phi) is 4.91. The van der Waals surface area contributed by atoms with E-state index < -0.39 is 35.7 Å². The molecule has 1 atom stereocenters. The van der Waals surface area contributed by atoms with E-state index in [-0.39, 0.29) is 5.56 Å². The number of rotatable bonds is 3. The molecule has 2 N–H and O–H groups in total. The lowest BCUT2D eigenvalue weighted by molar-refractivity contribution is -0.277. The maximum atomic E-state index is 12.4. The molecule has 0 saturated carbocycles. The molecule has 0 heterocycles. The summed E-state index contributed by atoms with van der Waals surface area (Å²) in [6.07, 6.45) is -9.95. The van der Waals surface area contributed by atoms with Gasteiger partial charge in [-0.25, -0.2) is 0 Å². The van der Waals surface area contributed by atoms with Gasteiger partial charge < -0.3 is 15.2 Å². The number of benzene rings is 1. The van der Waals surface area contributed by atoms with E-state index in [2.05, 4.69) is 9.47 Å². The van der Waals surface area contributed by atoms with E-state index in [0.29, 0.717) is 0 Å². The van der Waals surface area contributed by atoms with Crippen LogP contribution in [0.25, 0.3) is 0 Å². The van der Waals surface area contributed by atoms with E-state index in [4.69, 9.17) is 5.73 Å². The van der Waals surface area contributed by atoms with Crippen molar-refractivity contribution < 1.29 is 35.8 Å². The second-order valence-electron chi connectivity index (χ2n) is 5.64. The first-order valence-corrected chi connectivity index (χ1v) is 6.10. The molecule has 0 aliphatic rings. The number of hydrogen-bond acceptors (Lipinski definition) is 3. The molecule has 0 bridgehead atoms. The Morgan fingerprint density at radius 3 is 1.82 bits per heavy atom. The molecule has 0 aromatic heterocycles. The number of alkyl halides is 6. The maximum Gasteiger partial charge on any atom is 0.573 e. The van der Waals surface area contributed by atoms with Crippen LogP contribution in [0.2, 0.25) is 0 Å². The van der Waals surface area contributed by atoms with Crippen LogP contribution in [0, 0.1) is 5.41 Å². The summed E-state index contributed by atoms with van der Waals surface area (Å²) in [5.41, 5.74) is 4.90. The third-order valence-electron chi connectivity index (χ3n) is 2.71. The fourth-order valence-corrected chi connectivity index (χ4v) is 1.65. The van der Waals surface area contributed by atoms with Crippen LogP contribution >= 0.6 is 0 Å². The second kappa shape index (κ2) is 5.86. The molecule has 1 unspecified atom stereocenters. The van der Waals surface area contributed by atoms with E-state index in [1.807, 2.05) is 0 Å². The second-order valence-corrected chi connectivity index (χ2v) is 5.64. The summed E-state index contributed by atoms with van der Waals surface area (Å²) >= 11 is 0. The zero-order valence-corrected chi connectivity index (χ0v) is 12.0. The highest BCUT2D eigenvalue weighted by Crippen LogP contribution is 2.40. The van der Waals surface area contributed by atoms with E-state index in [9.17, 15) is 26.3 Å². The molecular formula is C13H15F6NO2. The minimum absolute atomic E-state index is 0.230. The summed E-state index contributed by atoms with van der Waals surface area (Å²) in [5, 5.41) is 0. The Morgan fingerprint density at radius 2 is 1.41 bits per heavy atom. The molecule has 0 saturated heterocycles. The van der Waals surface area contributed by atoms with Gasteiger partial charge in [-0.15, -0.1) is 26.3 Å². The Bertz CT molecular complexity index is 519. The molecule has 0 amide bonds. The van der Waals surface area contributed by atoms with Gasteiger partial charge in [-0.1, -0.05) is 20.8 Å². The zero-order valence-electron chi connectivity index (χ0n) is 12.0. The molecule has 126 valence electrons. The van der Waals surface area contributed by atoms with Gasteiger partial charge in [-0.3, -0.25) is 0 Å². The molecular weight excluding hydrogens is 316 g/mol. The standard InChI is InChI=1S/C13H15F6NO2/c1-11(2,3)10(20)8-6-7(21-12(14,15)16)4-5-9(8)22-13(17,18)19/h4-6,10H,20H2,1-3H3. The fraction of sp³-hybridized carbons (Fsp3) is 0.538. The first kappa shape index (κ1) is 18.4. The molecule has 22 heavy (non-hydrogen) atoms. The van der Waals surface area contributed by atoms with Crippen molar-refractivity contribution in [2.24, 2.45) is 11.1 Å². The van der Waals surface area contributed by atoms with Crippen molar-refractivity contribution in [2.45, 2.75) is 39.5 Å². The van der Waals surface area contributed by atoms with E-state index >= 15 is 0 Å². The highest BCUT2D eigenvalue weighted by molar-refractivity contribution is 5.43. The van der Waals surface area contributed by atoms with Gasteiger partial charge >= 0.3 is 12.7 Å². The Morgan fingerprint density at radius 1 is 0.909 bits per heavy atom. The lowest BCUT2D eigenvalue weighted by atomic mass is 9.82. The molecule has 0 fully saturated rings. The summed E-state index contributed by atoms with van der Waals surface area (Å²) in [4.78, 5) is 0. The summed E-state index contributed by atoms with van der Waals surface area (Å²) in [6.45, 7) is 4.89. The monoisotopic (exact) mass is 331 g/mol. The third kappa shape index (κ3) is 5.63. The van der Waals surface area contributed by atoms with Crippen molar-refractivity contribution in [2.75, 3.05) is 0 Å². The van der Waals surface area contributed by atoms with Gasteiger partial charge in [0.2, 0.25) is 0 Å². The Balaban J connectivity index is 3.28. The molecule has 3 nitrogen and oxygen atoms in total. The summed E-state index contributed by atoms with van der Waals surface area (Å²) < 4.78 is 81.3. The topological polar surface area (TPSA) is 44.5 Å². The minimum Gasteiger partial charge on any atom is -0.406 e. The average Bonchev–Trinajstić information content (AvgIpc) is 2.25. The van der Waals surface area contributed by atoms with Gasteiger partial charge in [-0.05, 0) is 23.6 Å². The van der Waals surface area contributed by atoms with Crippen LogP contribution in [0.1, 0.15) is 32.4 Å². The van der Waals surface area contributed by atoms with Crippen LogP contribution in [0.5, 0.6) is 11.5 Å². The quantitative estimate of drug-likeness (QED) is 0.828. The predicted molar refractivity (Wildman–Crippen MR) is 66.2 cm³/mol. The van der Waals surface area contributed by atoms with Crippen molar-refractivity contribution in [3.63, 3.8) is 0 Å². The average molecular weight is 331 g/mol. The van der Waals surface area contributed by atoms with Crippen LogP contribution < -0.4 is 15.2 Å². The molecule has 1 aromatic rings. The van der Waals surface area contributed by atoms with E-state index in [0.717, 1.165) is 18.2 Å². The molecule has 9 heteroatoms. The highest BCUT2D eigenvalue weighted by Gasteiger charge is 2.36. The van der Waals surface area contributed by atoms with Gasteiger partial charge in [0.15, 0.2) is 0 Å². The van der Waals surface area contributed by atoms with Crippen LogP contribution in [0.15, 0.2) is 18.2 Å². The van der Waals surface area contributed by atoms with Gasteiger partial charge in [-0.2, -0.15) is 0 Å². The summed E-state index contributed by atoms with van der Waals surface area (Å²) in [5.74, 6) is -1.33. The van der Waals surface area contributed by atoms with Gasteiger partial charge in [0.1, 0.15) is 11.5 Å². The van der Waals surface area contributed by atoms with Crippen LogP contribution in [-0.2, 0) is 0 Å². The molecule has 0 spiro atoms. The molecule has 1 aromatic carbocycles. The van der Waals surface area contributed by atoms with Crippen LogP contribution in [0.4, 0.5) is 26.3 Å². The SMILES string of the molecule is CC(C)(C)C(N)c1cc(OC(F)(F)F)ccc1OC(F)(F)F. The van der Waals surface area contributed by atoms with Crippen LogP contribution in [-0.4, -0.2) is 12.7 Å². The maximum absolute atomic E-state index is 12.4. The smallest absolute Gasteiger partial charge is 0.406 e. The number of hydrogen-bond donors (Lipinski definition) is 1. The van der Waals surface area contributed by atoms with Gasteiger partial charge in [0, 0.05) is 11.6 Å². The molecule has 0 aliphatic carbocycles. The number of halogens is 6. The lowest BCUT2D eigenvalue weighted by Gasteiger charge is -2.29. The van der Waals surface area contributed by atoms with Crippen molar-refractivity contribution in [1.82, 2.24) is 0 Å². The molecule has 1 rings (SSSR count). The van der Waals surface area contributed by atoms with E-state index in [1.165, 1.54) is 0 Å². The van der Waals surface area contributed by atoms with Crippen LogP contribution in [0.3, 0.4) is 0 Å². The minimum atomic E-state index is -4.99. The number of nitrogens with two attached hydrogens (primary N) is 1. The predicted octanol–water partition coefficient (Wildman–Crippen LogP) is 4.53. The zero-order chi connectivity index (χ0) is 17.3. The summed E-state index contributed by atoms with van der Waals surface area (Å²) in [7, 11) is 0. The Hall–Kier alpha value is -1.64. The molecule has 0 radical (unpaired) electrons. The normalized spacial score (nSPS) is 14.6. The van der Waals surface area contributed by atoms with Crippen molar-refractivity contribution in [3.05, 3.63) is 23.8 Å². The first-order chi connectivity index (χ1) is 9.69. The lowest BCUT2D eigenvalue weighted by Crippen LogP contribution is -2.28. The van der Waals surface area contributed by atoms with E-state index in [1.54, 1.807) is 20.8 Å². The highest BCUT2D eigenvalue weighted by atomic mass is 19.4. The first-order valence-electron chi connectivity index (χ1n) is 6.10. The third-order valence-corrected chi connectivity index (χ3v) is 2.71. The Labute approximate surface area is 123 Å². The van der Waals surface area contributed by atoms with Crippen molar-refractivity contribution in [1.29, 1.82) is 0 Å². The van der Waals surface area contributed by atoms with Crippen molar-refractivity contribution in [3.8, 4) is 11.5 Å². The number of ether oxygens (including phenoxy) is 2. The largest absolute Gasteiger partial charge is 0.573 e. The van der Waals surface area contributed by atoms with Gasteiger partial charge in [0.25, 0.3) is 0 Å².